The fourth-order valence-corrected chi connectivity index (χ4v) is 3.51. The van der Waals surface area contributed by atoms with E-state index < -0.39 is 0 Å². The number of nitrogens with one attached hydrogen (secondary N) is 1. The molecule has 0 unspecified atom stereocenters. The van der Waals surface area contributed by atoms with E-state index in [4.69, 9.17) is 14.2 Å². The number of benzene rings is 3. The summed E-state index contributed by atoms with van der Waals surface area (Å²) in [6.45, 7) is 2.71. The Hall–Kier alpha value is -3.84. The van der Waals surface area contributed by atoms with Crippen molar-refractivity contribution in [3.8, 4) is 11.5 Å². The van der Waals surface area contributed by atoms with Crippen molar-refractivity contribution < 1.29 is 23.8 Å². The second kappa shape index (κ2) is 11.2. The maximum absolute atomic E-state index is 13.1. The third-order valence-electron chi connectivity index (χ3n) is 5.19. The minimum absolute atomic E-state index is 0.128. The number of carbonyl (C=O) groups is 2. The maximum atomic E-state index is 13.1. The number of hydrogen-bond acceptors (Lipinski definition) is 5. The van der Waals surface area contributed by atoms with Gasteiger partial charge in [-0.1, -0.05) is 42.5 Å². The first-order valence-electron chi connectivity index (χ1n) is 10.9. The lowest BCUT2D eigenvalue weighted by Gasteiger charge is -2.27. The first-order valence-corrected chi connectivity index (χ1v) is 10.9. The third kappa shape index (κ3) is 5.90. The van der Waals surface area contributed by atoms with E-state index in [0.717, 1.165) is 5.75 Å². The van der Waals surface area contributed by atoms with Crippen molar-refractivity contribution in [2.24, 2.45) is 0 Å². The van der Waals surface area contributed by atoms with Gasteiger partial charge in [0.1, 0.15) is 24.7 Å². The lowest BCUT2D eigenvalue weighted by atomic mass is 10.1. The van der Waals surface area contributed by atoms with Crippen LogP contribution in [0, 0.1) is 0 Å². The fourth-order valence-electron chi connectivity index (χ4n) is 3.51. The van der Waals surface area contributed by atoms with Crippen LogP contribution in [0.15, 0.2) is 78.9 Å². The highest BCUT2D eigenvalue weighted by Crippen LogP contribution is 2.23. The number of ether oxygens (including phenoxy) is 3. The van der Waals surface area contributed by atoms with Crippen molar-refractivity contribution in [3.63, 3.8) is 0 Å². The number of amides is 2. The summed E-state index contributed by atoms with van der Waals surface area (Å²) in [6, 6.07) is 23.5. The minimum atomic E-state index is -0.350. The molecular formula is C26H26N2O5. The van der Waals surface area contributed by atoms with E-state index in [2.05, 4.69) is 5.32 Å². The van der Waals surface area contributed by atoms with Crippen molar-refractivity contribution in [2.75, 3.05) is 44.8 Å². The van der Waals surface area contributed by atoms with Crippen LogP contribution in [0.1, 0.15) is 20.7 Å². The van der Waals surface area contributed by atoms with Crippen molar-refractivity contribution in [1.29, 1.82) is 0 Å². The maximum Gasteiger partial charge on any atom is 0.259 e. The molecule has 7 nitrogen and oxygen atoms in total. The topological polar surface area (TPSA) is 77.1 Å². The van der Waals surface area contributed by atoms with Crippen LogP contribution in [-0.2, 0) is 4.74 Å². The van der Waals surface area contributed by atoms with Crippen molar-refractivity contribution >= 4 is 17.5 Å². The van der Waals surface area contributed by atoms with Crippen LogP contribution < -0.4 is 14.8 Å². The zero-order valence-corrected chi connectivity index (χ0v) is 18.2. The largest absolute Gasteiger partial charge is 0.490 e. The van der Waals surface area contributed by atoms with E-state index in [0.29, 0.717) is 55.5 Å². The Kier molecular flexibility index (Phi) is 7.56. The van der Waals surface area contributed by atoms with Crippen molar-refractivity contribution in [3.05, 3.63) is 90.0 Å². The first-order chi connectivity index (χ1) is 16.2. The number of nitrogens with zero attached hydrogens (tertiary/aromatic N) is 1. The van der Waals surface area contributed by atoms with Gasteiger partial charge in [0.2, 0.25) is 0 Å². The summed E-state index contributed by atoms with van der Waals surface area (Å²) >= 11 is 0. The molecule has 0 radical (unpaired) electrons. The van der Waals surface area contributed by atoms with Crippen LogP contribution in [-0.4, -0.2) is 56.2 Å². The molecule has 3 aromatic carbocycles. The highest BCUT2D eigenvalue weighted by molar-refractivity contribution is 6.10. The van der Waals surface area contributed by atoms with Crippen LogP contribution in [0.3, 0.4) is 0 Å². The lowest BCUT2D eigenvalue weighted by Crippen LogP contribution is -2.41. The summed E-state index contributed by atoms with van der Waals surface area (Å²) in [5.74, 6) is 0.728. The van der Waals surface area contributed by atoms with Gasteiger partial charge < -0.3 is 24.4 Å². The number of rotatable bonds is 8. The normalized spacial score (nSPS) is 13.3. The van der Waals surface area contributed by atoms with Gasteiger partial charge in [0.25, 0.3) is 11.8 Å². The summed E-state index contributed by atoms with van der Waals surface area (Å²) < 4.78 is 16.8. The van der Waals surface area contributed by atoms with Gasteiger partial charge in [0.15, 0.2) is 0 Å². The highest BCUT2D eigenvalue weighted by atomic mass is 16.5. The average Bonchev–Trinajstić information content (AvgIpc) is 2.88. The van der Waals surface area contributed by atoms with E-state index in [1.165, 1.54) is 0 Å². The van der Waals surface area contributed by atoms with Crippen LogP contribution in [0.4, 0.5) is 5.69 Å². The molecule has 0 bridgehead atoms. The van der Waals surface area contributed by atoms with Gasteiger partial charge in [0.05, 0.1) is 30.0 Å². The molecular weight excluding hydrogens is 420 g/mol. The van der Waals surface area contributed by atoms with E-state index >= 15 is 0 Å². The Labute approximate surface area is 192 Å². The molecule has 0 spiro atoms. The molecule has 170 valence electrons. The first kappa shape index (κ1) is 22.4. The molecule has 0 aromatic heterocycles. The molecule has 1 N–H and O–H groups in total. The molecule has 33 heavy (non-hydrogen) atoms. The van der Waals surface area contributed by atoms with Gasteiger partial charge in [-0.2, -0.15) is 0 Å². The molecule has 0 atom stereocenters. The number of hydrogen-bond donors (Lipinski definition) is 1. The van der Waals surface area contributed by atoms with Gasteiger partial charge >= 0.3 is 0 Å². The summed E-state index contributed by atoms with van der Waals surface area (Å²) in [7, 11) is 0. The van der Waals surface area contributed by atoms with Gasteiger partial charge in [-0.25, -0.2) is 0 Å². The Balaban J connectivity index is 1.41. The van der Waals surface area contributed by atoms with Crippen molar-refractivity contribution in [2.45, 2.75) is 0 Å². The zero-order valence-electron chi connectivity index (χ0n) is 18.2. The summed E-state index contributed by atoms with van der Waals surface area (Å²) in [5, 5.41) is 2.87. The Bertz CT molecular complexity index is 1080. The molecule has 1 aliphatic heterocycles. The molecule has 1 heterocycles. The predicted molar refractivity (Wildman–Crippen MR) is 125 cm³/mol. The minimum Gasteiger partial charge on any atom is -0.490 e. The second-order valence-electron chi connectivity index (χ2n) is 7.41. The summed E-state index contributed by atoms with van der Waals surface area (Å²) in [6.07, 6.45) is 0. The molecule has 3 aromatic rings. The standard InChI is InChI=1S/C26H26N2O5/c29-25(27-23-12-6-4-10-21(23)26(30)28-14-16-31-17-15-28)22-11-5-7-13-24(22)33-19-18-32-20-8-2-1-3-9-20/h1-13H,14-19H2,(H,27,29). The zero-order chi connectivity index (χ0) is 22.9. The number of carbonyl (C=O) groups excluding carboxylic acids is 2. The molecule has 1 aliphatic rings. The number of anilines is 1. The monoisotopic (exact) mass is 446 g/mol. The highest BCUT2D eigenvalue weighted by Gasteiger charge is 2.22. The third-order valence-corrected chi connectivity index (χ3v) is 5.19. The van der Waals surface area contributed by atoms with Crippen LogP contribution in [0.5, 0.6) is 11.5 Å². The van der Waals surface area contributed by atoms with Crippen LogP contribution in [0.25, 0.3) is 0 Å². The van der Waals surface area contributed by atoms with E-state index in [9.17, 15) is 9.59 Å². The predicted octanol–water partition coefficient (Wildman–Crippen LogP) is 3.87. The quantitative estimate of drug-likeness (QED) is 0.532. The SMILES string of the molecule is O=C(Nc1ccccc1C(=O)N1CCOCC1)c1ccccc1OCCOc1ccccc1. The molecule has 2 amide bonds. The van der Waals surface area contributed by atoms with Crippen LogP contribution >= 0.6 is 0 Å². The average molecular weight is 447 g/mol. The Morgan fingerprint density at radius 1 is 0.788 bits per heavy atom. The molecule has 1 fully saturated rings. The Morgan fingerprint density at radius 3 is 2.21 bits per heavy atom. The summed E-state index contributed by atoms with van der Waals surface area (Å²) in [4.78, 5) is 27.8. The Morgan fingerprint density at radius 2 is 1.42 bits per heavy atom. The molecule has 4 rings (SSSR count). The molecule has 0 saturated carbocycles. The van der Waals surface area contributed by atoms with E-state index in [-0.39, 0.29) is 18.4 Å². The molecule has 7 heteroatoms. The molecule has 0 aliphatic carbocycles. The fraction of sp³-hybridized carbons (Fsp3) is 0.231. The molecule has 1 saturated heterocycles. The second-order valence-corrected chi connectivity index (χ2v) is 7.41. The van der Waals surface area contributed by atoms with Gasteiger partial charge in [-0.05, 0) is 36.4 Å². The van der Waals surface area contributed by atoms with Gasteiger partial charge in [-0.3, -0.25) is 9.59 Å². The van der Waals surface area contributed by atoms with Crippen molar-refractivity contribution in [1.82, 2.24) is 4.90 Å². The van der Waals surface area contributed by atoms with Crippen LogP contribution in [0.2, 0.25) is 0 Å². The smallest absolute Gasteiger partial charge is 0.259 e. The summed E-state index contributed by atoms with van der Waals surface area (Å²) in [5.41, 5.74) is 1.29. The number of para-hydroxylation sites is 3. The lowest BCUT2D eigenvalue weighted by molar-refractivity contribution is 0.0303. The van der Waals surface area contributed by atoms with E-state index in [1.54, 1.807) is 53.4 Å². The number of morpholine rings is 1. The van der Waals surface area contributed by atoms with Gasteiger partial charge in [-0.15, -0.1) is 0 Å². The van der Waals surface area contributed by atoms with Gasteiger partial charge in [0, 0.05) is 13.1 Å². The van der Waals surface area contributed by atoms with E-state index in [1.807, 2.05) is 30.3 Å².